The number of carbonyl (C=O) groups is 1. The van der Waals surface area contributed by atoms with Crippen LogP contribution in [0.15, 0.2) is 41.1 Å². The van der Waals surface area contributed by atoms with Crippen molar-refractivity contribution in [2.24, 2.45) is 5.92 Å². The summed E-state index contributed by atoms with van der Waals surface area (Å²) in [5, 5.41) is 4.59. The Morgan fingerprint density at radius 3 is 2.43 bits per heavy atom. The van der Waals surface area contributed by atoms with Crippen LogP contribution in [0.1, 0.15) is 57.9 Å². The fourth-order valence-electron chi connectivity index (χ4n) is 3.71. The molecule has 1 saturated carbocycles. The van der Waals surface area contributed by atoms with Crippen molar-refractivity contribution >= 4 is 41.1 Å². The first-order valence-electron chi connectivity index (χ1n) is 9.57. The van der Waals surface area contributed by atoms with Crippen LogP contribution < -0.4 is 5.32 Å². The first kappa shape index (κ1) is 23.3. The number of dihydropyridines is 1. The Balaban J connectivity index is 0.000000203. The molecule has 6 heteroatoms. The van der Waals surface area contributed by atoms with E-state index in [9.17, 15) is 9.18 Å². The van der Waals surface area contributed by atoms with Gasteiger partial charge in [0.2, 0.25) is 0 Å². The summed E-state index contributed by atoms with van der Waals surface area (Å²) in [6, 6.07) is 5.17. The SMILES string of the molecule is CC(C)(F)C1=C(Cl)C(C=O)NC=C1.CC(c1cc(Cl)ccc1Cl)C1CCCC1. The van der Waals surface area contributed by atoms with E-state index < -0.39 is 11.7 Å². The van der Waals surface area contributed by atoms with Crippen LogP contribution in [-0.4, -0.2) is 18.0 Å². The maximum atomic E-state index is 13.5. The molecule has 2 nitrogen and oxygen atoms in total. The highest BCUT2D eigenvalue weighted by Crippen LogP contribution is 2.40. The number of rotatable bonds is 4. The molecule has 154 valence electrons. The van der Waals surface area contributed by atoms with Crippen molar-refractivity contribution in [1.29, 1.82) is 0 Å². The van der Waals surface area contributed by atoms with Crippen LogP contribution in [-0.2, 0) is 4.79 Å². The predicted octanol–water partition coefficient (Wildman–Crippen LogP) is 7.20. The van der Waals surface area contributed by atoms with E-state index in [1.165, 1.54) is 51.3 Å². The van der Waals surface area contributed by atoms with E-state index in [0.29, 0.717) is 17.8 Å². The summed E-state index contributed by atoms with van der Waals surface area (Å²) in [6.07, 6.45) is 9.13. The van der Waals surface area contributed by atoms with Gasteiger partial charge in [0.05, 0.1) is 5.03 Å². The van der Waals surface area contributed by atoms with Gasteiger partial charge in [-0.25, -0.2) is 4.39 Å². The minimum atomic E-state index is -1.52. The molecule has 2 unspecified atom stereocenters. The Labute approximate surface area is 182 Å². The predicted molar refractivity (Wildman–Crippen MR) is 117 cm³/mol. The molecule has 0 bridgehead atoms. The number of aldehydes is 1. The molecule has 1 fully saturated rings. The van der Waals surface area contributed by atoms with Crippen molar-refractivity contribution in [3.05, 3.63) is 56.7 Å². The smallest absolute Gasteiger partial charge is 0.147 e. The van der Waals surface area contributed by atoms with Gasteiger partial charge in [0.25, 0.3) is 0 Å². The number of halogens is 4. The minimum absolute atomic E-state index is 0.227. The van der Waals surface area contributed by atoms with Crippen LogP contribution in [0.4, 0.5) is 4.39 Å². The minimum Gasteiger partial charge on any atom is -0.377 e. The van der Waals surface area contributed by atoms with Gasteiger partial charge in [0.1, 0.15) is 18.0 Å². The van der Waals surface area contributed by atoms with Crippen LogP contribution in [0.3, 0.4) is 0 Å². The van der Waals surface area contributed by atoms with E-state index in [2.05, 4.69) is 12.2 Å². The number of hydrogen-bond acceptors (Lipinski definition) is 2. The lowest BCUT2D eigenvalue weighted by Gasteiger charge is -2.24. The summed E-state index contributed by atoms with van der Waals surface area (Å²) >= 11 is 18.0. The second kappa shape index (κ2) is 10.1. The van der Waals surface area contributed by atoms with Gasteiger partial charge in [-0.3, -0.25) is 0 Å². The molecule has 2 aliphatic rings. The number of nitrogens with one attached hydrogen (secondary N) is 1. The summed E-state index contributed by atoms with van der Waals surface area (Å²) < 4.78 is 13.5. The largest absolute Gasteiger partial charge is 0.377 e. The Morgan fingerprint density at radius 1 is 1.21 bits per heavy atom. The summed E-state index contributed by atoms with van der Waals surface area (Å²) in [5.74, 6) is 1.33. The zero-order chi connectivity index (χ0) is 20.9. The molecular formula is C22H27Cl3FNO. The molecular weight excluding hydrogens is 420 g/mol. The Morgan fingerprint density at radius 2 is 1.86 bits per heavy atom. The average molecular weight is 447 g/mol. The van der Waals surface area contributed by atoms with E-state index in [0.717, 1.165) is 16.0 Å². The number of alkyl halides is 1. The number of carbonyl (C=O) groups excluding carboxylic acids is 1. The van der Waals surface area contributed by atoms with Crippen molar-refractivity contribution in [3.8, 4) is 0 Å². The van der Waals surface area contributed by atoms with E-state index in [4.69, 9.17) is 34.8 Å². The highest BCUT2D eigenvalue weighted by Gasteiger charge is 2.28. The molecule has 0 spiro atoms. The molecule has 1 aromatic rings. The standard InChI is InChI=1S/C13H16Cl2.C9H11ClFNO/c1-9(10-4-2-3-5-10)12-8-11(14)6-7-13(12)15;1-9(2,11)6-3-4-12-7(5-13)8(6)10/h6-10H,2-5H2,1H3;3-5,7,12H,1-2H3. The van der Waals surface area contributed by atoms with Crippen molar-refractivity contribution in [3.63, 3.8) is 0 Å². The lowest BCUT2D eigenvalue weighted by molar-refractivity contribution is -0.108. The molecule has 1 N–H and O–H groups in total. The Bertz CT molecular complexity index is 749. The first-order valence-corrected chi connectivity index (χ1v) is 10.7. The van der Waals surface area contributed by atoms with Gasteiger partial charge >= 0.3 is 0 Å². The Kier molecular flexibility index (Phi) is 8.42. The van der Waals surface area contributed by atoms with E-state index >= 15 is 0 Å². The van der Waals surface area contributed by atoms with Crippen LogP contribution in [0.2, 0.25) is 10.0 Å². The van der Waals surface area contributed by atoms with Gasteiger partial charge in [0, 0.05) is 15.6 Å². The highest BCUT2D eigenvalue weighted by atomic mass is 35.5. The first-order chi connectivity index (χ1) is 13.1. The third-order valence-corrected chi connectivity index (χ3v) is 6.41. The van der Waals surface area contributed by atoms with E-state index in [1.54, 1.807) is 6.08 Å². The zero-order valence-corrected chi connectivity index (χ0v) is 18.7. The van der Waals surface area contributed by atoms with Crippen molar-refractivity contribution < 1.29 is 9.18 Å². The van der Waals surface area contributed by atoms with Gasteiger partial charge in [-0.05, 0) is 74.6 Å². The second-order valence-electron chi connectivity index (χ2n) is 7.85. The molecule has 3 rings (SSSR count). The van der Waals surface area contributed by atoms with Gasteiger partial charge in [-0.15, -0.1) is 0 Å². The molecule has 1 aliphatic carbocycles. The molecule has 0 amide bonds. The third-order valence-electron chi connectivity index (χ3n) is 5.39. The molecule has 28 heavy (non-hydrogen) atoms. The molecule has 0 saturated heterocycles. The summed E-state index contributed by atoms with van der Waals surface area (Å²) in [7, 11) is 0. The number of allylic oxidation sites excluding steroid dienone is 2. The monoisotopic (exact) mass is 445 g/mol. The van der Waals surface area contributed by atoms with Gasteiger partial charge in [0.15, 0.2) is 0 Å². The highest BCUT2D eigenvalue weighted by molar-refractivity contribution is 6.33. The van der Waals surface area contributed by atoms with Crippen LogP contribution >= 0.6 is 34.8 Å². The molecule has 0 radical (unpaired) electrons. The molecule has 1 aliphatic heterocycles. The molecule has 0 aromatic heterocycles. The summed E-state index contributed by atoms with van der Waals surface area (Å²) in [6.45, 7) is 5.08. The van der Waals surface area contributed by atoms with Crippen molar-refractivity contribution in [2.45, 2.75) is 64.1 Å². The lowest BCUT2D eigenvalue weighted by atomic mass is 9.86. The van der Waals surface area contributed by atoms with E-state index in [1.807, 2.05) is 18.2 Å². The number of hydrogen-bond donors (Lipinski definition) is 1. The molecule has 1 heterocycles. The third kappa shape index (κ3) is 5.98. The van der Waals surface area contributed by atoms with Crippen molar-refractivity contribution in [1.82, 2.24) is 5.32 Å². The number of benzene rings is 1. The topological polar surface area (TPSA) is 29.1 Å². The fourth-order valence-corrected chi connectivity index (χ4v) is 4.58. The average Bonchev–Trinajstić information content (AvgIpc) is 3.17. The van der Waals surface area contributed by atoms with Crippen LogP contribution in [0.25, 0.3) is 0 Å². The van der Waals surface area contributed by atoms with Crippen LogP contribution in [0.5, 0.6) is 0 Å². The van der Waals surface area contributed by atoms with Crippen molar-refractivity contribution in [2.75, 3.05) is 0 Å². The summed E-state index contributed by atoms with van der Waals surface area (Å²) in [5.41, 5.74) is 0.0535. The van der Waals surface area contributed by atoms with Gasteiger partial charge < -0.3 is 10.1 Å². The van der Waals surface area contributed by atoms with E-state index in [-0.39, 0.29) is 5.03 Å². The maximum absolute atomic E-state index is 13.5. The lowest BCUT2D eigenvalue weighted by Crippen LogP contribution is -2.32. The fraction of sp³-hybridized carbons (Fsp3) is 0.500. The normalized spacial score (nSPS) is 21.0. The summed E-state index contributed by atoms with van der Waals surface area (Å²) in [4.78, 5) is 10.5. The van der Waals surface area contributed by atoms with Gasteiger partial charge in [-0.2, -0.15) is 0 Å². The quantitative estimate of drug-likeness (QED) is 0.495. The van der Waals surface area contributed by atoms with Crippen LogP contribution in [0, 0.1) is 5.92 Å². The van der Waals surface area contributed by atoms with Gasteiger partial charge in [-0.1, -0.05) is 54.6 Å². The maximum Gasteiger partial charge on any atom is 0.147 e. The molecule has 2 atom stereocenters. The second-order valence-corrected chi connectivity index (χ2v) is 9.10. The molecule has 1 aromatic carbocycles. The zero-order valence-electron chi connectivity index (χ0n) is 16.4. The Hall–Kier alpha value is -1.03.